The molecule has 0 atom stereocenters. The Bertz CT molecular complexity index is 812. The van der Waals surface area contributed by atoms with Gasteiger partial charge in [0.15, 0.2) is 5.65 Å². The van der Waals surface area contributed by atoms with Crippen LogP contribution in [0.1, 0.15) is 26.6 Å². The van der Waals surface area contributed by atoms with Crippen molar-refractivity contribution in [3.8, 4) is 0 Å². The van der Waals surface area contributed by atoms with Crippen LogP contribution in [0.3, 0.4) is 0 Å². The second-order valence-corrected chi connectivity index (χ2v) is 6.08. The number of hydrogen-bond donors (Lipinski definition) is 2. The Labute approximate surface area is 127 Å². The molecule has 3 aromatic rings. The van der Waals surface area contributed by atoms with E-state index in [2.05, 4.69) is 20.3 Å². The van der Waals surface area contributed by atoms with E-state index in [4.69, 9.17) is 4.74 Å². The molecule has 0 aliphatic carbocycles. The lowest BCUT2D eigenvalue weighted by atomic mass is 10.2. The molecule has 0 aliphatic heterocycles. The Morgan fingerprint density at radius 1 is 1.36 bits per heavy atom. The third-order valence-electron chi connectivity index (χ3n) is 3.15. The first kappa shape index (κ1) is 14.4. The minimum absolute atomic E-state index is 0.415. The lowest BCUT2D eigenvalue weighted by Gasteiger charge is -2.19. The van der Waals surface area contributed by atoms with Crippen LogP contribution in [-0.2, 0) is 11.2 Å². The number of fused-ring (bicyclic) bond motifs is 3. The second-order valence-electron chi connectivity index (χ2n) is 6.08. The fraction of sp³-hybridized carbons (Fsp3) is 0.400. The van der Waals surface area contributed by atoms with Crippen molar-refractivity contribution in [1.82, 2.24) is 24.7 Å². The van der Waals surface area contributed by atoms with Gasteiger partial charge in [-0.15, -0.1) is 0 Å². The molecule has 2 N–H and O–H groups in total. The maximum absolute atomic E-state index is 11.6. The van der Waals surface area contributed by atoms with Crippen LogP contribution < -0.4 is 5.32 Å². The van der Waals surface area contributed by atoms with E-state index in [9.17, 15) is 4.79 Å². The largest absolute Gasteiger partial charge is 0.444 e. The van der Waals surface area contributed by atoms with E-state index in [1.54, 1.807) is 12.4 Å². The molecule has 3 rings (SSSR count). The second kappa shape index (κ2) is 5.32. The standard InChI is InChI=1S/C15H19N5O2/c1-15(2,3)22-14(21)17-7-5-12-18-8-10-9-19-13-11(20(10)12)4-6-16-13/h4,6,8-9,16H,5,7H2,1-3H3,(H,17,21). The average Bonchev–Trinajstić information content (AvgIpc) is 3.01. The number of aromatic nitrogens is 4. The summed E-state index contributed by atoms with van der Waals surface area (Å²) in [6.45, 7) is 5.97. The van der Waals surface area contributed by atoms with E-state index < -0.39 is 11.7 Å². The van der Waals surface area contributed by atoms with E-state index in [0.29, 0.717) is 13.0 Å². The summed E-state index contributed by atoms with van der Waals surface area (Å²) in [5.74, 6) is 0.873. The topological polar surface area (TPSA) is 84.3 Å². The fourth-order valence-corrected chi connectivity index (χ4v) is 2.31. The zero-order valence-corrected chi connectivity index (χ0v) is 12.9. The Hall–Kier alpha value is -2.57. The Balaban J connectivity index is 1.72. The normalized spacial score (nSPS) is 12.0. The van der Waals surface area contributed by atoms with Gasteiger partial charge in [-0.25, -0.2) is 14.8 Å². The summed E-state index contributed by atoms with van der Waals surface area (Å²) in [6.07, 6.45) is 5.60. The number of alkyl carbamates (subject to hydrolysis) is 1. The molecule has 0 bridgehead atoms. The van der Waals surface area contributed by atoms with Crippen molar-refractivity contribution in [2.24, 2.45) is 0 Å². The van der Waals surface area contributed by atoms with Crippen molar-refractivity contribution in [1.29, 1.82) is 0 Å². The minimum atomic E-state index is -0.493. The van der Waals surface area contributed by atoms with Gasteiger partial charge in [0.1, 0.15) is 11.4 Å². The molecular weight excluding hydrogens is 282 g/mol. The molecule has 0 radical (unpaired) electrons. The van der Waals surface area contributed by atoms with Crippen LogP contribution >= 0.6 is 0 Å². The third-order valence-corrected chi connectivity index (χ3v) is 3.15. The molecule has 0 fully saturated rings. The number of carbonyl (C=O) groups is 1. The number of imidazole rings is 1. The summed E-state index contributed by atoms with van der Waals surface area (Å²) in [6, 6.07) is 1.96. The van der Waals surface area contributed by atoms with Crippen molar-refractivity contribution in [3.63, 3.8) is 0 Å². The SMILES string of the molecule is CC(C)(C)OC(=O)NCCc1ncc2cnc3[nH]ccc3n12. The molecule has 3 heterocycles. The number of rotatable bonds is 3. The lowest BCUT2D eigenvalue weighted by molar-refractivity contribution is 0.0528. The van der Waals surface area contributed by atoms with Gasteiger partial charge >= 0.3 is 6.09 Å². The van der Waals surface area contributed by atoms with Crippen LogP contribution in [0.15, 0.2) is 24.7 Å². The molecule has 0 spiro atoms. The molecule has 1 amide bonds. The molecule has 7 nitrogen and oxygen atoms in total. The predicted molar refractivity (Wildman–Crippen MR) is 82.8 cm³/mol. The van der Waals surface area contributed by atoms with Gasteiger partial charge in [0.2, 0.25) is 0 Å². The van der Waals surface area contributed by atoms with Crippen LogP contribution in [0.2, 0.25) is 0 Å². The average molecular weight is 301 g/mol. The molecule has 0 aliphatic rings. The van der Waals surface area contributed by atoms with E-state index >= 15 is 0 Å². The minimum Gasteiger partial charge on any atom is -0.444 e. The van der Waals surface area contributed by atoms with Gasteiger partial charge in [0, 0.05) is 19.2 Å². The molecule has 22 heavy (non-hydrogen) atoms. The van der Waals surface area contributed by atoms with Crippen LogP contribution in [0, 0.1) is 0 Å². The molecule has 0 unspecified atom stereocenters. The monoisotopic (exact) mass is 301 g/mol. The van der Waals surface area contributed by atoms with Crippen molar-refractivity contribution in [2.45, 2.75) is 32.8 Å². The van der Waals surface area contributed by atoms with Crippen LogP contribution in [0.5, 0.6) is 0 Å². The quantitative estimate of drug-likeness (QED) is 0.777. The molecule has 0 aromatic carbocycles. The highest BCUT2D eigenvalue weighted by Gasteiger charge is 2.16. The van der Waals surface area contributed by atoms with Crippen molar-refractivity contribution >= 4 is 22.8 Å². The third kappa shape index (κ3) is 2.88. The van der Waals surface area contributed by atoms with Gasteiger partial charge in [-0.1, -0.05) is 0 Å². The number of ether oxygens (including phenoxy) is 1. The highest BCUT2D eigenvalue weighted by Crippen LogP contribution is 2.15. The van der Waals surface area contributed by atoms with E-state index in [-0.39, 0.29) is 0 Å². The number of aromatic amines is 1. The van der Waals surface area contributed by atoms with E-state index in [0.717, 1.165) is 22.5 Å². The molecule has 7 heteroatoms. The molecule has 116 valence electrons. The van der Waals surface area contributed by atoms with Gasteiger partial charge in [0.25, 0.3) is 0 Å². The maximum Gasteiger partial charge on any atom is 0.407 e. The van der Waals surface area contributed by atoms with Crippen molar-refractivity contribution < 1.29 is 9.53 Å². The maximum atomic E-state index is 11.6. The highest BCUT2D eigenvalue weighted by molar-refractivity contribution is 5.75. The van der Waals surface area contributed by atoms with E-state index in [1.807, 2.05) is 37.4 Å². The summed E-state index contributed by atoms with van der Waals surface area (Å²) in [7, 11) is 0. The zero-order chi connectivity index (χ0) is 15.7. The number of nitrogens with zero attached hydrogens (tertiary/aromatic N) is 3. The Morgan fingerprint density at radius 3 is 2.91 bits per heavy atom. The number of H-pyrrole nitrogens is 1. The zero-order valence-electron chi connectivity index (χ0n) is 12.9. The highest BCUT2D eigenvalue weighted by atomic mass is 16.6. The Morgan fingerprint density at radius 2 is 2.14 bits per heavy atom. The number of carbonyl (C=O) groups excluding carboxylic acids is 1. The molecule has 0 saturated carbocycles. The van der Waals surface area contributed by atoms with Gasteiger partial charge in [0.05, 0.1) is 23.4 Å². The van der Waals surface area contributed by atoms with Crippen molar-refractivity contribution in [3.05, 3.63) is 30.5 Å². The van der Waals surface area contributed by atoms with Crippen LogP contribution in [-0.4, -0.2) is 37.6 Å². The molecule has 3 aromatic heterocycles. The molecule has 0 saturated heterocycles. The predicted octanol–water partition coefficient (Wildman–Crippen LogP) is 2.28. The number of nitrogens with one attached hydrogen (secondary N) is 2. The fourth-order valence-electron chi connectivity index (χ4n) is 2.31. The number of amides is 1. The summed E-state index contributed by atoms with van der Waals surface area (Å²) in [4.78, 5) is 23.5. The molecular formula is C15H19N5O2. The summed E-state index contributed by atoms with van der Waals surface area (Å²) >= 11 is 0. The summed E-state index contributed by atoms with van der Waals surface area (Å²) in [5.41, 5.74) is 2.22. The van der Waals surface area contributed by atoms with Crippen molar-refractivity contribution in [2.75, 3.05) is 6.54 Å². The lowest BCUT2D eigenvalue weighted by Crippen LogP contribution is -2.33. The first-order chi connectivity index (χ1) is 10.4. The summed E-state index contributed by atoms with van der Waals surface area (Å²) in [5, 5.41) is 2.75. The van der Waals surface area contributed by atoms with Gasteiger partial charge in [-0.3, -0.25) is 4.40 Å². The smallest absolute Gasteiger partial charge is 0.407 e. The van der Waals surface area contributed by atoms with Gasteiger partial charge < -0.3 is 15.0 Å². The summed E-state index contributed by atoms with van der Waals surface area (Å²) < 4.78 is 7.25. The van der Waals surface area contributed by atoms with Crippen LogP contribution in [0.25, 0.3) is 16.7 Å². The Kier molecular flexibility index (Phi) is 3.48. The number of hydrogen-bond acceptors (Lipinski definition) is 4. The van der Waals surface area contributed by atoms with Crippen LogP contribution in [0.4, 0.5) is 4.79 Å². The van der Waals surface area contributed by atoms with E-state index in [1.165, 1.54) is 0 Å². The van der Waals surface area contributed by atoms with Gasteiger partial charge in [-0.2, -0.15) is 0 Å². The van der Waals surface area contributed by atoms with Gasteiger partial charge in [-0.05, 0) is 26.8 Å². The first-order valence-corrected chi connectivity index (χ1v) is 7.19. The first-order valence-electron chi connectivity index (χ1n) is 7.19.